The molecule has 4 rings (SSSR count). The van der Waals surface area contributed by atoms with Crippen LogP contribution < -0.4 is 15.5 Å². The van der Waals surface area contributed by atoms with Gasteiger partial charge in [-0.2, -0.15) is 5.10 Å². The summed E-state index contributed by atoms with van der Waals surface area (Å²) >= 11 is 0. The normalized spacial score (nSPS) is 10.5. The van der Waals surface area contributed by atoms with Crippen molar-refractivity contribution in [1.29, 1.82) is 0 Å². The van der Waals surface area contributed by atoms with Gasteiger partial charge in [-0.1, -0.05) is 30.3 Å². The van der Waals surface area contributed by atoms with E-state index in [4.69, 9.17) is 4.74 Å². The molecule has 0 fully saturated rings. The van der Waals surface area contributed by atoms with E-state index in [0.29, 0.717) is 5.69 Å². The van der Waals surface area contributed by atoms with E-state index >= 15 is 0 Å². The summed E-state index contributed by atoms with van der Waals surface area (Å²) in [7, 11) is 0. The first kappa shape index (κ1) is 22.3. The van der Waals surface area contributed by atoms with E-state index in [1.807, 2.05) is 0 Å². The Labute approximate surface area is 192 Å². The number of nitrogens with zero attached hydrogens (tertiary/aromatic N) is 3. The smallest absolute Gasteiger partial charge is 0.294 e. The molecule has 1 heterocycles. The fraction of sp³-hybridized carbons (Fsp3) is 0.0417. The lowest BCUT2D eigenvalue weighted by Gasteiger charge is -2.13. The van der Waals surface area contributed by atoms with Crippen LogP contribution in [0.3, 0.4) is 0 Å². The van der Waals surface area contributed by atoms with Gasteiger partial charge in [0.2, 0.25) is 5.43 Å². The average molecular weight is 460 g/mol. The van der Waals surface area contributed by atoms with Crippen LogP contribution in [0, 0.1) is 22.9 Å². The molecule has 9 nitrogen and oxygen atoms in total. The molecule has 0 saturated carbocycles. The molecule has 1 aromatic heterocycles. The number of carbonyl (C=O) groups excluding carboxylic acids is 1. The summed E-state index contributed by atoms with van der Waals surface area (Å²) in [4.78, 5) is 36.4. The molecule has 1 amide bonds. The highest BCUT2D eigenvalue weighted by atomic mass is 19.1. The van der Waals surface area contributed by atoms with Crippen LogP contribution in [0.5, 0.6) is 11.5 Å². The van der Waals surface area contributed by atoms with E-state index in [0.717, 1.165) is 0 Å². The topological polar surface area (TPSA) is 116 Å². The van der Waals surface area contributed by atoms with Gasteiger partial charge < -0.3 is 10.1 Å². The van der Waals surface area contributed by atoms with Gasteiger partial charge in [0.15, 0.2) is 11.4 Å². The summed E-state index contributed by atoms with van der Waals surface area (Å²) in [5.74, 6) is -0.896. The number of aryl methyl sites for hydroxylation is 1. The van der Waals surface area contributed by atoms with Crippen LogP contribution >= 0.6 is 0 Å². The molecule has 0 aliphatic heterocycles. The average Bonchev–Trinajstić information content (AvgIpc) is 2.80. The first-order valence-corrected chi connectivity index (χ1v) is 10.0. The summed E-state index contributed by atoms with van der Waals surface area (Å²) < 4.78 is 20.3. The minimum Gasteiger partial charge on any atom is -0.455 e. The summed E-state index contributed by atoms with van der Waals surface area (Å²) in [6.07, 6.45) is 0. The van der Waals surface area contributed by atoms with Gasteiger partial charge in [-0.25, -0.2) is 9.07 Å². The maximum Gasteiger partial charge on any atom is 0.294 e. The molecule has 1 N–H and O–H groups in total. The molecule has 170 valence electrons. The molecule has 0 saturated heterocycles. The summed E-state index contributed by atoms with van der Waals surface area (Å²) in [5, 5.41) is 18.1. The number of aromatic nitrogens is 2. The third-order valence-electron chi connectivity index (χ3n) is 4.79. The number of amides is 1. The molecule has 0 unspecified atom stereocenters. The molecule has 3 aromatic carbocycles. The lowest BCUT2D eigenvalue weighted by atomic mass is 10.2. The lowest BCUT2D eigenvalue weighted by Crippen LogP contribution is -2.27. The van der Waals surface area contributed by atoms with Gasteiger partial charge in [0, 0.05) is 23.9 Å². The number of ether oxygens (including phenoxy) is 1. The molecule has 0 spiro atoms. The lowest BCUT2D eigenvalue weighted by molar-refractivity contribution is -0.384. The van der Waals surface area contributed by atoms with E-state index in [2.05, 4.69) is 10.4 Å². The van der Waals surface area contributed by atoms with E-state index in [1.54, 1.807) is 43.3 Å². The van der Waals surface area contributed by atoms with Crippen LogP contribution in [-0.4, -0.2) is 20.6 Å². The van der Waals surface area contributed by atoms with Crippen LogP contribution in [0.25, 0.3) is 5.69 Å². The fourth-order valence-corrected chi connectivity index (χ4v) is 3.24. The number of hydrogen-bond acceptors (Lipinski definition) is 6. The van der Waals surface area contributed by atoms with E-state index in [9.17, 15) is 24.1 Å². The highest BCUT2D eigenvalue weighted by Crippen LogP contribution is 2.30. The number of halogens is 1. The van der Waals surface area contributed by atoms with E-state index in [-0.39, 0.29) is 28.6 Å². The Morgan fingerprint density at radius 3 is 2.56 bits per heavy atom. The molecule has 0 bridgehead atoms. The predicted molar refractivity (Wildman–Crippen MR) is 122 cm³/mol. The van der Waals surface area contributed by atoms with Crippen LogP contribution in [0.15, 0.2) is 83.7 Å². The Hall–Kier alpha value is -4.86. The minimum atomic E-state index is -0.840. The number of nitro benzene ring substituents is 1. The predicted octanol–water partition coefficient (Wildman–Crippen LogP) is 4.63. The number of rotatable bonds is 6. The third kappa shape index (κ3) is 4.65. The van der Waals surface area contributed by atoms with Crippen molar-refractivity contribution in [2.24, 2.45) is 0 Å². The van der Waals surface area contributed by atoms with Crippen molar-refractivity contribution in [3.63, 3.8) is 0 Å². The molecular weight excluding hydrogens is 443 g/mol. The van der Waals surface area contributed by atoms with Gasteiger partial charge in [0.25, 0.3) is 11.6 Å². The number of hydrogen-bond donors (Lipinski definition) is 1. The van der Waals surface area contributed by atoms with Crippen LogP contribution in [0.1, 0.15) is 16.2 Å². The second-order valence-electron chi connectivity index (χ2n) is 7.17. The van der Waals surface area contributed by atoms with Gasteiger partial charge in [-0.05, 0) is 37.3 Å². The Morgan fingerprint density at radius 2 is 1.79 bits per heavy atom. The standard InChI is InChI=1S/C24H17FN4O5/c1-15-13-21(30)23(27-28(15)19-10-3-4-11-20(19)29(32)33)24(31)26-18-9-2-5-12-22(18)34-17-8-6-7-16(25)14-17/h2-14H,1H3,(H,26,31). The second kappa shape index (κ2) is 9.33. The Balaban J connectivity index is 1.69. The number of nitrogens with one attached hydrogen (secondary N) is 1. The third-order valence-corrected chi connectivity index (χ3v) is 4.79. The number of nitro groups is 1. The maximum absolute atomic E-state index is 13.5. The number of benzene rings is 3. The van der Waals surface area contributed by atoms with Gasteiger partial charge in [-0.3, -0.25) is 19.7 Å². The zero-order valence-corrected chi connectivity index (χ0v) is 17.8. The molecule has 0 radical (unpaired) electrons. The van der Waals surface area contributed by atoms with Crippen molar-refractivity contribution in [2.45, 2.75) is 6.92 Å². The highest BCUT2D eigenvalue weighted by Gasteiger charge is 2.21. The Bertz CT molecular complexity index is 1470. The van der Waals surface area contributed by atoms with Crippen molar-refractivity contribution < 1.29 is 18.8 Å². The maximum atomic E-state index is 13.5. The first-order valence-electron chi connectivity index (χ1n) is 10.0. The molecule has 4 aromatic rings. The number of para-hydroxylation sites is 4. The highest BCUT2D eigenvalue weighted by molar-refractivity contribution is 6.03. The van der Waals surface area contributed by atoms with Crippen molar-refractivity contribution >= 4 is 17.3 Å². The zero-order chi connectivity index (χ0) is 24.2. The minimum absolute atomic E-state index is 0.105. The van der Waals surface area contributed by atoms with Crippen LogP contribution in [-0.2, 0) is 0 Å². The van der Waals surface area contributed by atoms with Gasteiger partial charge in [0.05, 0.1) is 10.6 Å². The Morgan fingerprint density at radius 1 is 1.06 bits per heavy atom. The number of carbonyl (C=O) groups is 1. The first-order chi connectivity index (χ1) is 16.3. The van der Waals surface area contributed by atoms with Gasteiger partial charge in [0.1, 0.15) is 17.3 Å². The fourth-order valence-electron chi connectivity index (χ4n) is 3.24. The summed E-state index contributed by atoms with van der Waals surface area (Å²) in [5.41, 5.74) is -0.727. The Kier molecular flexibility index (Phi) is 6.13. The largest absolute Gasteiger partial charge is 0.455 e. The van der Waals surface area contributed by atoms with Crippen LogP contribution in [0.4, 0.5) is 15.8 Å². The van der Waals surface area contributed by atoms with E-state index < -0.39 is 27.8 Å². The molecule has 34 heavy (non-hydrogen) atoms. The van der Waals surface area contributed by atoms with Gasteiger partial charge in [-0.15, -0.1) is 0 Å². The molecular formula is C24H17FN4O5. The van der Waals surface area contributed by atoms with Crippen molar-refractivity contribution in [1.82, 2.24) is 9.78 Å². The zero-order valence-electron chi connectivity index (χ0n) is 17.8. The SMILES string of the molecule is Cc1cc(=O)c(C(=O)Nc2ccccc2Oc2cccc(F)c2)nn1-c1ccccc1[N+](=O)[O-]. The van der Waals surface area contributed by atoms with Crippen molar-refractivity contribution in [3.8, 4) is 17.2 Å². The van der Waals surface area contributed by atoms with E-state index in [1.165, 1.54) is 47.1 Å². The van der Waals surface area contributed by atoms with Crippen molar-refractivity contribution in [2.75, 3.05) is 5.32 Å². The molecule has 0 atom stereocenters. The quantitative estimate of drug-likeness (QED) is 0.331. The summed E-state index contributed by atoms with van der Waals surface area (Å²) in [6.45, 7) is 1.55. The molecule has 0 aliphatic carbocycles. The van der Waals surface area contributed by atoms with Crippen molar-refractivity contribution in [3.05, 3.63) is 116 Å². The monoisotopic (exact) mass is 460 g/mol. The molecule has 0 aliphatic rings. The van der Waals surface area contributed by atoms with Crippen LogP contribution in [0.2, 0.25) is 0 Å². The molecule has 10 heteroatoms. The van der Waals surface area contributed by atoms with Gasteiger partial charge >= 0.3 is 0 Å². The number of anilines is 1. The summed E-state index contributed by atoms with van der Waals surface area (Å²) in [6, 6.07) is 18.9. The second-order valence-corrected chi connectivity index (χ2v) is 7.17.